The summed E-state index contributed by atoms with van der Waals surface area (Å²) in [5, 5.41) is 9.22. The smallest absolute Gasteiger partial charge is 0.335 e. The largest absolute Gasteiger partial charge is 0.490 e. The molecule has 0 amide bonds. The van der Waals surface area contributed by atoms with Gasteiger partial charge in [0.05, 0.1) is 11.7 Å². The zero-order chi connectivity index (χ0) is 16.4. The fraction of sp³-hybridized carbons (Fsp3) is 0.316. The second-order valence-electron chi connectivity index (χ2n) is 6.00. The Bertz CT molecular complexity index is 733. The normalized spacial score (nSPS) is 14.9. The molecule has 0 spiro atoms. The highest BCUT2D eigenvalue weighted by Crippen LogP contribution is 2.35. The molecule has 2 aromatic rings. The van der Waals surface area contributed by atoms with Crippen LogP contribution in [0, 0.1) is 12.7 Å². The minimum Gasteiger partial charge on any atom is -0.490 e. The van der Waals surface area contributed by atoms with E-state index < -0.39 is 5.97 Å². The number of benzene rings is 2. The van der Waals surface area contributed by atoms with Crippen molar-refractivity contribution in [3.05, 3.63) is 53.3 Å². The van der Waals surface area contributed by atoms with Crippen molar-refractivity contribution >= 4 is 5.97 Å². The topological polar surface area (TPSA) is 46.5 Å². The van der Waals surface area contributed by atoms with Crippen LogP contribution in [-0.2, 0) is 0 Å². The highest BCUT2D eigenvalue weighted by molar-refractivity contribution is 5.90. The molecule has 1 saturated carbocycles. The number of carbonyl (C=O) groups is 1. The monoisotopic (exact) mass is 314 g/mol. The van der Waals surface area contributed by atoms with Crippen LogP contribution in [0.5, 0.6) is 5.75 Å². The third-order valence-electron chi connectivity index (χ3n) is 4.31. The average molecular weight is 314 g/mol. The predicted molar refractivity (Wildman–Crippen MR) is 86.4 cm³/mol. The highest BCUT2D eigenvalue weighted by atomic mass is 19.1. The summed E-state index contributed by atoms with van der Waals surface area (Å²) in [6.45, 7) is 1.70. The van der Waals surface area contributed by atoms with E-state index in [1.54, 1.807) is 31.2 Å². The molecule has 2 aromatic carbocycles. The molecule has 4 heteroatoms. The van der Waals surface area contributed by atoms with Crippen LogP contribution >= 0.6 is 0 Å². The molecule has 3 rings (SSSR count). The first-order valence-electron chi connectivity index (χ1n) is 7.85. The van der Waals surface area contributed by atoms with E-state index in [1.165, 1.54) is 12.1 Å². The van der Waals surface area contributed by atoms with E-state index in [2.05, 4.69) is 0 Å². The van der Waals surface area contributed by atoms with E-state index >= 15 is 0 Å². The van der Waals surface area contributed by atoms with Crippen LogP contribution < -0.4 is 4.74 Å². The van der Waals surface area contributed by atoms with E-state index in [0.717, 1.165) is 25.7 Å². The Labute approximate surface area is 134 Å². The summed E-state index contributed by atoms with van der Waals surface area (Å²) in [6.07, 6.45) is 4.45. The molecule has 0 radical (unpaired) electrons. The van der Waals surface area contributed by atoms with Gasteiger partial charge < -0.3 is 9.84 Å². The standard InChI is InChI=1S/C19H19FO3/c1-12-6-7-13(11-17(12)20)16-10-14(19(21)22)8-9-18(16)23-15-4-2-3-5-15/h6-11,15H,2-5H2,1H3,(H,21,22). The fourth-order valence-corrected chi connectivity index (χ4v) is 2.94. The average Bonchev–Trinajstić information content (AvgIpc) is 3.03. The van der Waals surface area contributed by atoms with Gasteiger partial charge in [0.1, 0.15) is 11.6 Å². The first-order valence-corrected chi connectivity index (χ1v) is 7.85. The molecule has 0 bridgehead atoms. The molecule has 3 nitrogen and oxygen atoms in total. The summed E-state index contributed by atoms with van der Waals surface area (Å²) >= 11 is 0. The fourth-order valence-electron chi connectivity index (χ4n) is 2.94. The van der Waals surface area contributed by atoms with Crippen LogP contribution in [0.25, 0.3) is 11.1 Å². The van der Waals surface area contributed by atoms with Crippen molar-refractivity contribution < 1.29 is 19.0 Å². The Balaban J connectivity index is 2.04. The molecule has 1 N–H and O–H groups in total. The number of rotatable bonds is 4. The number of carboxylic acids is 1. The second kappa shape index (κ2) is 6.41. The SMILES string of the molecule is Cc1ccc(-c2cc(C(=O)O)ccc2OC2CCCC2)cc1F. The van der Waals surface area contributed by atoms with Crippen molar-refractivity contribution in [2.75, 3.05) is 0 Å². The van der Waals surface area contributed by atoms with Gasteiger partial charge in [0, 0.05) is 5.56 Å². The summed E-state index contributed by atoms with van der Waals surface area (Å²) in [5.41, 5.74) is 1.97. The van der Waals surface area contributed by atoms with Crippen LogP contribution in [0.4, 0.5) is 4.39 Å². The highest BCUT2D eigenvalue weighted by Gasteiger charge is 2.19. The molecule has 120 valence electrons. The van der Waals surface area contributed by atoms with E-state index in [0.29, 0.717) is 22.4 Å². The lowest BCUT2D eigenvalue weighted by Gasteiger charge is -2.17. The van der Waals surface area contributed by atoms with Gasteiger partial charge in [0.2, 0.25) is 0 Å². The Hall–Kier alpha value is -2.36. The van der Waals surface area contributed by atoms with Gasteiger partial charge in [-0.2, -0.15) is 0 Å². The van der Waals surface area contributed by atoms with Crippen LogP contribution in [0.3, 0.4) is 0 Å². The Kier molecular flexibility index (Phi) is 4.33. The first-order chi connectivity index (χ1) is 11.0. The predicted octanol–water partition coefficient (Wildman–Crippen LogP) is 4.82. The van der Waals surface area contributed by atoms with E-state index in [1.807, 2.05) is 0 Å². The molecule has 23 heavy (non-hydrogen) atoms. The molecule has 1 aliphatic carbocycles. The molecular formula is C19H19FO3. The number of aryl methyl sites for hydroxylation is 1. The zero-order valence-electron chi connectivity index (χ0n) is 13.0. The van der Waals surface area contributed by atoms with Crippen molar-refractivity contribution in [2.45, 2.75) is 38.7 Å². The van der Waals surface area contributed by atoms with Gasteiger partial charge >= 0.3 is 5.97 Å². The van der Waals surface area contributed by atoms with Crippen LogP contribution in [0.2, 0.25) is 0 Å². The van der Waals surface area contributed by atoms with Gasteiger partial charge in [-0.05, 0) is 68.0 Å². The summed E-state index contributed by atoms with van der Waals surface area (Å²) in [5.74, 6) is -0.702. The van der Waals surface area contributed by atoms with Gasteiger partial charge in [-0.15, -0.1) is 0 Å². The number of carboxylic acid groups (broad SMARTS) is 1. The van der Waals surface area contributed by atoms with Gasteiger partial charge in [0.15, 0.2) is 0 Å². The lowest BCUT2D eigenvalue weighted by atomic mass is 10.0. The molecule has 0 heterocycles. The van der Waals surface area contributed by atoms with E-state index in [-0.39, 0.29) is 17.5 Å². The van der Waals surface area contributed by atoms with E-state index in [9.17, 15) is 14.3 Å². The zero-order valence-corrected chi connectivity index (χ0v) is 13.0. The van der Waals surface area contributed by atoms with Crippen LogP contribution in [-0.4, -0.2) is 17.2 Å². The number of hydrogen-bond donors (Lipinski definition) is 1. The van der Waals surface area contributed by atoms with Gasteiger partial charge in [0.25, 0.3) is 0 Å². The number of hydrogen-bond acceptors (Lipinski definition) is 2. The third-order valence-corrected chi connectivity index (χ3v) is 4.31. The number of halogens is 1. The van der Waals surface area contributed by atoms with E-state index in [4.69, 9.17) is 4.74 Å². The summed E-state index contributed by atoms with van der Waals surface area (Å²) < 4.78 is 20.0. The van der Waals surface area contributed by atoms with Crippen LogP contribution in [0.1, 0.15) is 41.6 Å². The van der Waals surface area contributed by atoms with Crippen molar-refractivity contribution in [2.24, 2.45) is 0 Å². The molecule has 0 saturated heterocycles. The number of ether oxygens (including phenoxy) is 1. The quantitative estimate of drug-likeness (QED) is 0.880. The lowest BCUT2D eigenvalue weighted by molar-refractivity contribution is 0.0697. The Morgan fingerprint density at radius 3 is 2.57 bits per heavy atom. The molecule has 0 unspecified atom stereocenters. The Morgan fingerprint density at radius 1 is 1.17 bits per heavy atom. The second-order valence-corrected chi connectivity index (χ2v) is 6.00. The maximum atomic E-state index is 13.9. The van der Waals surface area contributed by atoms with Crippen molar-refractivity contribution in [1.29, 1.82) is 0 Å². The van der Waals surface area contributed by atoms with Gasteiger partial charge in [-0.25, -0.2) is 9.18 Å². The molecule has 1 fully saturated rings. The summed E-state index contributed by atoms with van der Waals surface area (Å²) in [6, 6.07) is 9.67. The first kappa shape index (κ1) is 15.5. The molecular weight excluding hydrogens is 295 g/mol. The molecule has 0 atom stereocenters. The van der Waals surface area contributed by atoms with Crippen molar-refractivity contribution in [3.8, 4) is 16.9 Å². The molecule has 0 aromatic heterocycles. The maximum absolute atomic E-state index is 13.9. The summed E-state index contributed by atoms with van der Waals surface area (Å²) in [7, 11) is 0. The minimum atomic E-state index is -1.01. The lowest BCUT2D eigenvalue weighted by Crippen LogP contribution is -2.12. The Morgan fingerprint density at radius 2 is 1.91 bits per heavy atom. The maximum Gasteiger partial charge on any atom is 0.335 e. The van der Waals surface area contributed by atoms with Gasteiger partial charge in [-0.1, -0.05) is 12.1 Å². The van der Waals surface area contributed by atoms with Crippen molar-refractivity contribution in [3.63, 3.8) is 0 Å². The number of aromatic carboxylic acids is 1. The molecule has 1 aliphatic rings. The van der Waals surface area contributed by atoms with Gasteiger partial charge in [-0.3, -0.25) is 0 Å². The third kappa shape index (κ3) is 3.36. The summed E-state index contributed by atoms with van der Waals surface area (Å²) in [4.78, 5) is 11.2. The van der Waals surface area contributed by atoms with Crippen molar-refractivity contribution in [1.82, 2.24) is 0 Å². The molecule has 0 aliphatic heterocycles. The van der Waals surface area contributed by atoms with Crippen LogP contribution in [0.15, 0.2) is 36.4 Å². The minimum absolute atomic E-state index is 0.153.